The molecule has 4 nitrogen and oxygen atoms in total. The zero-order chi connectivity index (χ0) is 13.1. The number of carbonyl (C=O) groups excluding carboxylic acids is 1. The summed E-state index contributed by atoms with van der Waals surface area (Å²) in [7, 11) is 0. The summed E-state index contributed by atoms with van der Waals surface area (Å²) >= 11 is 0. The fourth-order valence-electron chi connectivity index (χ4n) is 2.27. The third kappa shape index (κ3) is 2.75. The topological polar surface area (TPSA) is 58.4 Å². The maximum atomic E-state index is 12.4. The molecule has 18 heavy (non-hydrogen) atoms. The van der Waals surface area contributed by atoms with Crippen LogP contribution in [-0.4, -0.2) is 29.9 Å². The zero-order valence-corrected chi connectivity index (χ0v) is 11.1. The molecule has 2 rings (SSSR count). The number of carbonyl (C=O) groups is 1. The molecule has 98 valence electrons. The Kier molecular flexibility index (Phi) is 3.75. The molecule has 1 aromatic carbocycles. The smallest absolute Gasteiger partial charge is 0.256 e. The second-order valence-electron chi connectivity index (χ2n) is 5.10. The number of amides is 1. The number of nitrogens with zero attached hydrogens (tertiary/aromatic N) is 1. The first kappa shape index (κ1) is 12.7. The molecule has 1 aliphatic heterocycles. The van der Waals surface area contributed by atoms with Gasteiger partial charge >= 0.3 is 0 Å². The molecule has 0 bridgehead atoms. The fraction of sp³-hybridized carbons (Fsp3) is 0.500. The van der Waals surface area contributed by atoms with Crippen LogP contribution < -0.4 is 11.1 Å². The van der Waals surface area contributed by atoms with Crippen LogP contribution in [0.15, 0.2) is 18.2 Å². The number of benzene rings is 1. The van der Waals surface area contributed by atoms with E-state index in [2.05, 4.69) is 19.2 Å². The van der Waals surface area contributed by atoms with Crippen molar-refractivity contribution in [2.24, 2.45) is 0 Å². The summed E-state index contributed by atoms with van der Waals surface area (Å²) in [5.41, 5.74) is 7.98. The van der Waals surface area contributed by atoms with Crippen molar-refractivity contribution in [3.8, 4) is 0 Å². The van der Waals surface area contributed by atoms with Crippen LogP contribution in [0.1, 0.15) is 37.0 Å². The number of rotatable bonds is 3. The van der Waals surface area contributed by atoms with E-state index in [-0.39, 0.29) is 5.91 Å². The van der Waals surface area contributed by atoms with Gasteiger partial charge in [0.05, 0.1) is 5.56 Å². The summed E-state index contributed by atoms with van der Waals surface area (Å²) < 4.78 is 0. The van der Waals surface area contributed by atoms with Gasteiger partial charge in [0.2, 0.25) is 0 Å². The zero-order valence-electron chi connectivity index (χ0n) is 11.1. The minimum Gasteiger partial charge on any atom is -0.399 e. The van der Waals surface area contributed by atoms with E-state index in [4.69, 9.17) is 5.73 Å². The van der Waals surface area contributed by atoms with Crippen LogP contribution in [0.4, 0.5) is 11.4 Å². The van der Waals surface area contributed by atoms with E-state index in [9.17, 15) is 4.79 Å². The second-order valence-corrected chi connectivity index (χ2v) is 5.10. The predicted molar refractivity (Wildman–Crippen MR) is 74.8 cm³/mol. The Balaban J connectivity index is 2.28. The highest BCUT2D eigenvalue weighted by Crippen LogP contribution is 2.23. The van der Waals surface area contributed by atoms with E-state index < -0.39 is 0 Å². The Labute approximate surface area is 108 Å². The molecule has 1 amide bonds. The summed E-state index contributed by atoms with van der Waals surface area (Å²) in [5.74, 6) is 0.0861. The first-order valence-corrected chi connectivity index (χ1v) is 6.53. The molecule has 0 aliphatic carbocycles. The maximum Gasteiger partial charge on any atom is 0.256 e. The average Bonchev–Trinajstić information content (AvgIpc) is 2.83. The highest BCUT2D eigenvalue weighted by atomic mass is 16.2. The Morgan fingerprint density at radius 2 is 2.00 bits per heavy atom. The van der Waals surface area contributed by atoms with Gasteiger partial charge in [-0.1, -0.05) is 0 Å². The summed E-state index contributed by atoms with van der Waals surface area (Å²) in [6, 6.07) is 5.77. The first-order valence-electron chi connectivity index (χ1n) is 6.53. The highest BCUT2D eigenvalue weighted by Gasteiger charge is 2.22. The molecule has 1 heterocycles. The van der Waals surface area contributed by atoms with Crippen LogP contribution in [0, 0.1) is 0 Å². The van der Waals surface area contributed by atoms with Crippen molar-refractivity contribution in [2.45, 2.75) is 32.7 Å². The van der Waals surface area contributed by atoms with Gasteiger partial charge in [-0.15, -0.1) is 0 Å². The number of hydrogen-bond acceptors (Lipinski definition) is 3. The molecular weight excluding hydrogens is 226 g/mol. The molecule has 1 aromatic rings. The van der Waals surface area contributed by atoms with Crippen molar-refractivity contribution < 1.29 is 4.79 Å². The molecule has 3 N–H and O–H groups in total. The van der Waals surface area contributed by atoms with Crippen LogP contribution in [-0.2, 0) is 0 Å². The van der Waals surface area contributed by atoms with Crippen LogP contribution in [0.5, 0.6) is 0 Å². The molecule has 0 saturated carbocycles. The summed E-state index contributed by atoms with van der Waals surface area (Å²) in [4.78, 5) is 14.3. The van der Waals surface area contributed by atoms with Crippen molar-refractivity contribution in [1.29, 1.82) is 0 Å². The van der Waals surface area contributed by atoms with E-state index >= 15 is 0 Å². The standard InChI is InChI=1S/C14H21N3O/c1-10(2)16-13-6-5-11(15)9-12(13)14(18)17-7-3-4-8-17/h5-6,9-10,16H,3-4,7-8,15H2,1-2H3. The molecule has 0 radical (unpaired) electrons. The normalized spacial score (nSPS) is 15.2. The number of nitrogens with one attached hydrogen (secondary N) is 1. The molecule has 1 saturated heterocycles. The lowest BCUT2D eigenvalue weighted by molar-refractivity contribution is 0.0794. The minimum atomic E-state index is 0.0861. The lowest BCUT2D eigenvalue weighted by atomic mass is 10.1. The average molecular weight is 247 g/mol. The van der Waals surface area contributed by atoms with Gasteiger partial charge in [0.25, 0.3) is 5.91 Å². The van der Waals surface area contributed by atoms with Crippen molar-refractivity contribution in [3.05, 3.63) is 23.8 Å². The number of anilines is 2. The van der Waals surface area contributed by atoms with Gasteiger partial charge in [-0.3, -0.25) is 4.79 Å². The third-order valence-electron chi connectivity index (χ3n) is 3.11. The Hall–Kier alpha value is -1.71. The lowest BCUT2D eigenvalue weighted by Crippen LogP contribution is -2.29. The van der Waals surface area contributed by atoms with Crippen LogP contribution >= 0.6 is 0 Å². The molecule has 1 fully saturated rings. The summed E-state index contributed by atoms with van der Waals surface area (Å²) in [6.07, 6.45) is 2.20. The molecule has 4 heteroatoms. The Morgan fingerprint density at radius 1 is 1.33 bits per heavy atom. The third-order valence-corrected chi connectivity index (χ3v) is 3.11. The number of hydrogen-bond donors (Lipinski definition) is 2. The Morgan fingerprint density at radius 3 is 2.61 bits per heavy atom. The molecule has 0 aromatic heterocycles. The van der Waals surface area contributed by atoms with Crippen molar-refractivity contribution in [1.82, 2.24) is 4.90 Å². The maximum absolute atomic E-state index is 12.4. The van der Waals surface area contributed by atoms with Gasteiger partial charge in [-0.25, -0.2) is 0 Å². The van der Waals surface area contributed by atoms with E-state index in [0.29, 0.717) is 17.3 Å². The lowest BCUT2D eigenvalue weighted by Gasteiger charge is -2.20. The number of nitrogen functional groups attached to an aromatic ring is 1. The van der Waals surface area contributed by atoms with E-state index in [0.717, 1.165) is 31.6 Å². The van der Waals surface area contributed by atoms with Gasteiger partial charge in [0.15, 0.2) is 0 Å². The van der Waals surface area contributed by atoms with Crippen molar-refractivity contribution >= 4 is 17.3 Å². The monoisotopic (exact) mass is 247 g/mol. The van der Waals surface area contributed by atoms with Gasteiger partial charge in [-0.05, 0) is 44.9 Å². The molecule has 0 spiro atoms. The predicted octanol–water partition coefficient (Wildman–Crippen LogP) is 2.33. The van der Waals surface area contributed by atoms with E-state index in [1.807, 2.05) is 17.0 Å². The largest absolute Gasteiger partial charge is 0.399 e. The minimum absolute atomic E-state index is 0.0861. The van der Waals surface area contributed by atoms with Gasteiger partial charge in [0.1, 0.15) is 0 Å². The van der Waals surface area contributed by atoms with E-state index in [1.54, 1.807) is 6.07 Å². The fourth-order valence-corrected chi connectivity index (χ4v) is 2.27. The van der Waals surface area contributed by atoms with Gasteiger partial charge in [0, 0.05) is 30.5 Å². The summed E-state index contributed by atoms with van der Waals surface area (Å²) in [5, 5.41) is 3.30. The number of nitrogens with two attached hydrogens (primary N) is 1. The van der Waals surface area contributed by atoms with Crippen molar-refractivity contribution in [3.63, 3.8) is 0 Å². The first-order chi connectivity index (χ1) is 8.58. The second kappa shape index (κ2) is 5.29. The van der Waals surface area contributed by atoms with Crippen molar-refractivity contribution in [2.75, 3.05) is 24.1 Å². The van der Waals surface area contributed by atoms with Crippen LogP contribution in [0.2, 0.25) is 0 Å². The molecule has 0 atom stereocenters. The molecule has 1 aliphatic rings. The molecular formula is C14H21N3O. The number of likely N-dealkylation sites (tertiary alicyclic amines) is 1. The van der Waals surface area contributed by atoms with Gasteiger partial charge in [-0.2, -0.15) is 0 Å². The van der Waals surface area contributed by atoms with Gasteiger partial charge < -0.3 is 16.0 Å². The quantitative estimate of drug-likeness (QED) is 0.806. The summed E-state index contributed by atoms with van der Waals surface area (Å²) in [6.45, 7) is 5.82. The van der Waals surface area contributed by atoms with E-state index in [1.165, 1.54) is 0 Å². The SMILES string of the molecule is CC(C)Nc1ccc(N)cc1C(=O)N1CCCC1. The van der Waals surface area contributed by atoms with Crippen LogP contribution in [0.25, 0.3) is 0 Å². The highest BCUT2D eigenvalue weighted by molar-refractivity contribution is 6.00. The van der Waals surface area contributed by atoms with Crippen LogP contribution in [0.3, 0.4) is 0 Å². The Bertz CT molecular complexity index is 437. The molecule has 0 unspecified atom stereocenters.